The van der Waals surface area contributed by atoms with Gasteiger partial charge in [-0.25, -0.2) is 4.98 Å². The molecule has 34 heavy (non-hydrogen) atoms. The van der Waals surface area contributed by atoms with Crippen molar-refractivity contribution in [2.45, 2.75) is 41.2 Å². The minimum atomic E-state index is -0.378. The van der Waals surface area contributed by atoms with Crippen molar-refractivity contribution in [2.75, 3.05) is 62.2 Å². The highest BCUT2D eigenvalue weighted by atomic mass is 16.2. The lowest BCUT2D eigenvalue weighted by Gasteiger charge is -2.38. The zero-order chi connectivity index (χ0) is 24.5. The van der Waals surface area contributed by atoms with Gasteiger partial charge in [0.15, 0.2) is 0 Å². The second-order valence-electron chi connectivity index (χ2n) is 10.6. The van der Waals surface area contributed by atoms with Crippen LogP contribution in [0.4, 0.5) is 11.6 Å². The second-order valence-corrected chi connectivity index (χ2v) is 10.6. The quantitative estimate of drug-likeness (QED) is 0.746. The Bertz CT molecular complexity index is 1070. The van der Waals surface area contributed by atoms with E-state index in [-0.39, 0.29) is 16.9 Å². The van der Waals surface area contributed by atoms with Crippen LogP contribution in [0.5, 0.6) is 0 Å². The molecule has 0 spiro atoms. The van der Waals surface area contributed by atoms with E-state index < -0.39 is 0 Å². The van der Waals surface area contributed by atoms with E-state index in [0.29, 0.717) is 38.7 Å². The van der Waals surface area contributed by atoms with Crippen LogP contribution in [0.25, 0.3) is 0 Å². The first-order valence-electron chi connectivity index (χ1n) is 12.3. The van der Waals surface area contributed by atoms with E-state index in [1.165, 1.54) is 16.8 Å². The van der Waals surface area contributed by atoms with E-state index in [0.717, 1.165) is 31.9 Å². The number of carbonyl (C=O) groups is 1. The van der Waals surface area contributed by atoms with Crippen LogP contribution in [0.3, 0.4) is 0 Å². The molecule has 2 aliphatic heterocycles. The van der Waals surface area contributed by atoms with Crippen molar-refractivity contribution in [3.63, 3.8) is 0 Å². The molecular weight excluding hydrogens is 428 g/mol. The molecule has 1 aromatic heterocycles. The number of benzene rings is 1. The van der Waals surface area contributed by atoms with E-state index in [4.69, 9.17) is 4.98 Å². The smallest absolute Gasteiger partial charge is 0.252 e. The molecule has 184 valence electrons. The average molecular weight is 467 g/mol. The summed E-state index contributed by atoms with van der Waals surface area (Å²) in [5, 5.41) is 0. The Hall–Kier alpha value is -2.87. The Morgan fingerprint density at radius 1 is 0.971 bits per heavy atom. The molecule has 0 bridgehead atoms. The number of hydrogen-bond donors (Lipinski definition) is 1. The summed E-state index contributed by atoms with van der Waals surface area (Å²) in [7, 11) is 0. The zero-order valence-corrected chi connectivity index (χ0v) is 21.2. The van der Waals surface area contributed by atoms with Crippen molar-refractivity contribution in [3.8, 4) is 0 Å². The van der Waals surface area contributed by atoms with Gasteiger partial charge in [0.25, 0.3) is 5.56 Å². The van der Waals surface area contributed by atoms with Gasteiger partial charge in [0.05, 0.1) is 5.69 Å². The van der Waals surface area contributed by atoms with Gasteiger partial charge in [0.1, 0.15) is 0 Å². The molecule has 0 saturated carbocycles. The van der Waals surface area contributed by atoms with Crippen LogP contribution in [0.15, 0.2) is 29.1 Å². The third-order valence-electron chi connectivity index (χ3n) is 6.96. The van der Waals surface area contributed by atoms with Crippen LogP contribution in [-0.2, 0) is 11.3 Å². The van der Waals surface area contributed by atoms with Crippen molar-refractivity contribution in [3.05, 3.63) is 51.4 Å². The Kier molecular flexibility index (Phi) is 6.98. The van der Waals surface area contributed by atoms with Gasteiger partial charge in [-0.15, -0.1) is 0 Å². The van der Waals surface area contributed by atoms with Crippen molar-refractivity contribution >= 4 is 17.5 Å². The van der Waals surface area contributed by atoms with Crippen LogP contribution in [0, 0.1) is 19.3 Å². The first-order chi connectivity index (χ1) is 16.1. The maximum Gasteiger partial charge on any atom is 0.252 e. The first kappa shape index (κ1) is 24.3. The number of H-pyrrole nitrogens is 1. The largest absolute Gasteiger partial charge is 0.369 e. The van der Waals surface area contributed by atoms with Gasteiger partial charge in [-0.05, 0) is 31.0 Å². The van der Waals surface area contributed by atoms with E-state index >= 15 is 0 Å². The van der Waals surface area contributed by atoms with Crippen molar-refractivity contribution in [1.29, 1.82) is 0 Å². The first-order valence-corrected chi connectivity index (χ1v) is 12.3. The molecule has 2 saturated heterocycles. The Morgan fingerprint density at radius 2 is 1.62 bits per heavy atom. The highest BCUT2D eigenvalue weighted by Crippen LogP contribution is 2.24. The lowest BCUT2D eigenvalue weighted by Crippen LogP contribution is -2.52. The molecule has 1 amide bonds. The maximum absolute atomic E-state index is 12.6. The number of aromatic amines is 1. The highest BCUT2D eigenvalue weighted by molar-refractivity contribution is 5.81. The van der Waals surface area contributed by atoms with Gasteiger partial charge in [0, 0.05) is 76.1 Å². The molecule has 2 aliphatic rings. The number of aryl methyl sites for hydroxylation is 1. The number of amides is 1. The van der Waals surface area contributed by atoms with E-state index in [1.807, 2.05) is 25.7 Å². The summed E-state index contributed by atoms with van der Waals surface area (Å²) >= 11 is 0. The molecule has 0 unspecified atom stereocenters. The molecule has 1 aromatic carbocycles. The molecule has 0 atom stereocenters. The molecular formula is C26H38N6O2. The van der Waals surface area contributed by atoms with E-state index in [9.17, 15) is 9.59 Å². The molecule has 2 fully saturated rings. The lowest BCUT2D eigenvalue weighted by atomic mass is 9.94. The predicted octanol–water partition coefficient (Wildman–Crippen LogP) is 2.40. The predicted molar refractivity (Wildman–Crippen MR) is 137 cm³/mol. The van der Waals surface area contributed by atoms with Crippen molar-refractivity contribution in [2.24, 2.45) is 5.41 Å². The fraction of sp³-hybridized carbons (Fsp3) is 0.577. The average Bonchev–Trinajstić information content (AvgIpc) is 2.80. The number of piperazine rings is 2. The van der Waals surface area contributed by atoms with Crippen molar-refractivity contribution in [1.82, 2.24) is 19.8 Å². The fourth-order valence-corrected chi connectivity index (χ4v) is 4.77. The van der Waals surface area contributed by atoms with Crippen molar-refractivity contribution < 1.29 is 4.79 Å². The molecule has 0 radical (unpaired) electrons. The summed E-state index contributed by atoms with van der Waals surface area (Å²) < 4.78 is 0. The van der Waals surface area contributed by atoms with Crippen LogP contribution in [0.1, 0.15) is 37.6 Å². The summed E-state index contributed by atoms with van der Waals surface area (Å²) in [6.07, 6.45) is 0. The third-order valence-corrected chi connectivity index (χ3v) is 6.96. The van der Waals surface area contributed by atoms with Crippen LogP contribution in [-0.4, -0.2) is 78.0 Å². The van der Waals surface area contributed by atoms with Gasteiger partial charge in [-0.2, -0.15) is 0 Å². The highest BCUT2D eigenvalue weighted by Gasteiger charge is 2.30. The number of anilines is 2. The minimum absolute atomic E-state index is 0.123. The summed E-state index contributed by atoms with van der Waals surface area (Å²) in [5.41, 5.74) is 4.29. The summed E-state index contributed by atoms with van der Waals surface area (Å²) in [4.78, 5) is 41.5. The number of carbonyl (C=O) groups excluding carboxylic acids is 1. The lowest BCUT2D eigenvalue weighted by molar-refractivity contribution is -0.139. The maximum atomic E-state index is 12.6. The second kappa shape index (κ2) is 9.78. The Morgan fingerprint density at radius 3 is 2.26 bits per heavy atom. The normalized spacial score (nSPS) is 17.9. The molecule has 3 heterocycles. The number of hydrogen-bond acceptors (Lipinski definition) is 6. The van der Waals surface area contributed by atoms with Gasteiger partial charge in [-0.3, -0.25) is 19.5 Å². The van der Waals surface area contributed by atoms with Gasteiger partial charge in [0.2, 0.25) is 11.9 Å². The van der Waals surface area contributed by atoms with Crippen LogP contribution < -0.4 is 15.4 Å². The number of nitrogens with one attached hydrogen (secondary N) is 1. The fourth-order valence-electron chi connectivity index (χ4n) is 4.77. The zero-order valence-electron chi connectivity index (χ0n) is 21.2. The van der Waals surface area contributed by atoms with Gasteiger partial charge in [-0.1, -0.05) is 32.9 Å². The number of nitrogens with zero attached hydrogens (tertiary/aromatic N) is 5. The molecule has 4 rings (SSSR count). The van der Waals surface area contributed by atoms with Crippen LogP contribution >= 0.6 is 0 Å². The standard InChI is InChI=1S/C26H38N6O2/c1-19-7-6-8-22(20(19)2)30-11-9-29(10-12-30)18-21-17-23(33)28-25(27-21)32-15-13-31(14-16-32)24(34)26(3,4)5/h6-8,17H,9-16,18H2,1-5H3,(H,27,28,33). The molecule has 0 aliphatic carbocycles. The van der Waals surface area contributed by atoms with E-state index in [1.54, 1.807) is 6.07 Å². The molecule has 2 aromatic rings. The number of rotatable bonds is 4. The van der Waals surface area contributed by atoms with Gasteiger partial charge < -0.3 is 14.7 Å². The summed E-state index contributed by atoms with van der Waals surface area (Å²) in [6.45, 7) is 17.3. The third kappa shape index (κ3) is 5.43. The minimum Gasteiger partial charge on any atom is -0.369 e. The molecule has 1 N–H and O–H groups in total. The van der Waals surface area contributed by atoms with E-state index in [2.05, 4.69) is 51.7 Å². The Labute approximate surface area is 202 Å². The monoisotopic (exact) mass is 466 g/mol. The Balaban J connectivity index is 1.36. The molecule has 8 heteroatoms. The van der Waals surface area contributed by atoms with Gasteiger partial charge >= 0.3 is 0 Å². The topological polar surface area (TPSA) is 75.8 Å². The summed E-state index contributed by atoms with van der Waals surface area (Å²) in [6, 6.07) is 8.11. The van der Waals surface area contributed by atoms with Crippen LogP contribution in [0.2, 0.25) is 0 Å². The summed E-state index contributed by atoms with van der Waals surface area (Å²) in [5.74, 6) is 0.779. The SMILES string of the molecule is Cc1cccc(N2CCN(Cc3cc(=O)[nH]c(N4CCN(C(=O)C(C)(C)C)CC4)n3)CC2)c1C. The number of aromatic nitrogens is 2. The molecule has 8 nitrogen and oxygen atoms in total.